The molecule has 1 aliphatic rings. The Morgan fingerprint density at radius 1 is 1.00 bits per heavy atom. The highest BCUT2D eigenvalue weighted by Gasteiger charge is 2.21. The lowest BCUT2D eigenvalue weighted by atomic mass is 10.1. The Morgan fingerprint density at radius 3 is 2.34 bits per heavy atom. The molecule has 2 aromatic carbocycles. The standard InChI is InChI=1S/C23H28N4O2/c1-3-26(4-2)20-12-10-19(11-13-20)24-22(28)14-15-23(29)27-17-16-21(25-27)18-8-6-5-7-9-18/h5-13H,3-4,14-17H2,1-2H3,(H,24,28). The molecule has 1 heterocycles. The molecule has 29 heavy (non-hydrogen) atoms. The van der Waals surface area contributed by atoms with Crippen LogP contribution in [0.4, 0.5) is 11.4 Å². The maximum Gasteiger partial charge on any atom is 0.243 e. The van der Waals surface area contributed by atoms with Crippen LogP contribution in [0.25, 0.3) is 0 Å². The van der Waals surface area contributed by atoms with Gasteiger partial charge in [-0.2, -0.15) is 5.10 Å². The minimum Gasteiger partial charge on any atom is -0.372 e. The molecule has 152 valence electrons. The molecule has 2 aromatic rings. The minimum absolute atomic E-state index is 0.122. The van der Waals surface area contributed by atoms with Gasteiger partial charge < -0.3 is 10.2 Å². The molecule has 6 heteroatoms. The van der Waals surface area contributed by atoms with Crippen LogP contribution >= 0.6 is 0 Å². The zero-order valence-electron chi connectivity index (χ0n) is 17.1. The van der Waals surface area contributed by atoms with Gasteiger partial charge in [-0.15, -0.1) is 0 Å². The third-order valence-corrected chi connectivity index (χ3v) is 5.04. The zero-order chi connectivity index (χ0) is 20.6. The molecule has 0 unspecified atom stereocenters. The number of carbonyl (C=O) groups is 2. The van der Waals surface area contributed by atoms with Crippen molar-refractivity contribution in [3.05, 3.63) is 60.2 Å². The fraction of sp³-hybridized carbons (Fsp3) is 0.348. The molecule has 0 saturated heterocycles. The molecule has 0 aromatic heterocycles. The number of hydrogen-bond acceptors (Lipinski definition) is 4. The Bertz CT molecular complexity index is 858. The van der Waals surface area contributed by atoms with Crippen molar-refractivity contribution in [2.75, 3.05) is 29.9 Å². The number of hydrogen-bond donors (Lipinski definition) is 1. The Balaban J connectivity index is 1.48. The molecule has 0 spiro atoms. The van der Waals surface area contributed by atoms with Gasteiger partial charge >= 0.3 is 0 Å². The summed E-state index contributed by atoms with van der Waals surface area (Å²) in [4.78, 5) is 26.9. The third kappa shape index (κ3) is 5.44. The Kier molecular flexibility index (Phi) is 7.00. The van der Waals surface area contributed by atoms with E-state index in [2.05, 4.69) is 29.2 Å². The van der Waals surface area contributed by atoms with Crippen molar-refractivity contribution < 1.29 is 9.59 Å². The summed E-state index contributed by atoms with van der Waals surface area (Å²) in [6.07, 6.45) is 1.03. The second-order valence-electron chi connectivity index (χ2n) is 6.95. The van der Waals surface area contributed by atoms with Gasteiger partial charge in [-0.1, -0.05) is 30.3 Å². The van der Waals surface area contributed by atoms with Crippen molar-refractivity contribution in [1.82, 2.24) is 5.01 Å². The molecule has 0 fully saturated rings. The summed E-state index contributed by atoms with van der Waals surface area (Å²) in [5.41, 5.74) is 3.82. The van der Waals surface area contributed by atoms with Gasteiger partial charge in [0.05, 0.1) is 12.3 Å². The smallest absolute Gasteiger partial charge is 0.243 e. The van der Waals surface area contributed by atoms with Gasteiger partial charge in [0.2, 0.25) is 11.8 Å². The van der Waals surface area contributed by atoms with Crippen LogP contribution < -0.4 is 10.2 Å². The number of amides is 2. The van der Waals surface area contributed by atoms with Gasteiger partial charge in [0, 0.05) is 43.7 Å². The van der Waals surface area contributed by atoms with Crippen LogP contribution in [-0.4, -0.2) is 42.2 Å². The van der Waals surface area contributed by atoms with Crippen LogP contribution in [0, 0.1) is 0 Å². The summed E-state index contributed by atoms with van der Waals surface area (Å²) in [5.74, 6) is -0.289. The summed E-state index contributed by atoms with van der Waals surface area (Å²) in [7, 11) is 0. The van der Waals surface area contributed by atoms with Crippen molar-refractivity contribution in [3.8, 4) is 0 Å². The zero-order valence-corrected chi connectivity index (χ0v) is 17.1. The van der Waals surface area contributed by atoms with E-state index in [0.717, 1.165) is 42.2 Å². The van der Waals surface area contributed by atoms with Crippen LogP contribution in [-0.2, 0) is 9.59 Å². The van der Waals surface area contributed by atoms with Gasteiger partial charge in [0.1, 0.15) is 0 Å². The molecular formula is C23H28N4O2. The number of anilines is 2. The van der Waals surface area contributed by atoms with E-state index in [1.54, 1.807) is 0 Å². The van der Waals surface area contributed by atoms with E-state index in [9.17, 15) is 9.59 Å². The Morgan fingerprint density at radius 2 is 1.69 bits per heavy atom. The summed E-state index contributed by atoms with van der Waals surface area (Å²) in [6.45, 7) is 6.68. The summed E-state index contributed by atoms with van der Waals surface area (Å²) >= 11 is 0. The maximum absolute atomic E-state index is 12.4. The van der Waals surface area contributed by atoms with Gasteiger partial charge in [0.15, 0.2) is 0 Å². The molecule has 2 amide bonds. The van der Waals surface area contributed by atoms with E-state index < -0.39 is 0 Å². The summed E-state index contributed by atoms with van der Waals surface area (Å²) in [5, 5.41) is 8.77. The highest BCUT2D eigenvalue weighted by Crippen LogP contribution is 2.18. The first-order valence-electron chi connectivity index (χ1n) is 10.2. The van der Waals surface area contributed by atoms with Crippen LogP contribution in [0.15, 0.2) is 59.7 Å². The molecule has 0 atom stereocenters. The van der Waals surface area contributed by atoms with E-state index >= 15 is 0 Å². The summed E-state index contributed by atoms with van der Waals surface area (Å²) < 4.78 is 0. The van der Waals surface area contributed by atoms with E-state index in [0.29, 0.717) is 6.54 Å². The number of carbonyl (C=O) groups excluding carboxylic acids is 2. The van der Waals surface area contributed by atoms with Crippen LogP contribution in [0.2, 0.25) is 0 Å². The second kappa shape index (κ2) is 9.87. The predicted molar refractivity (Wildman–Crippen MR) is 117 cm³/mol. The first-order chi connectivity index (χ1) is 14.1. The molecule has 0 radical (unpaired) electrons. The number of benzene rings is 2. The van der Waals surface area contributed by atoms with Crippen molar-refractivity contribution in [2.45, 2.75) is 33.1 Å². The molecule has 1 aliphatic heterocycles. The van der Waals surface area contributed by atoms with E-state index in [1.807, 2.05) is 54.6 Å². The molecule has 1 N–H and O–H groups in total. The van der Waals surface area contributed by atoms with E-state index in [4.69, 9.17) is 0 Å². The average Bonchev–Trinajstić information content (AvgIpc) is 3.25. The molecule has 0 aliphatic carbocycles. The fourth-order valence-electron chi connectivity index (χ4n) is 3.39. The largest absolute Gasteiger partial charge is 0.372 e. The molecule has 6 nitrogen and oxygen atoms in total. The molecular weight excluding hydrogens is 364 g/mol. The first kappa shape index (κ1) is 20.6. The summed E-state index contributed by atoms with van der Waals surface area (Å²) in [6, 6.07) is 17.6. The maximum atomic E-state index is 12.4. The quantitative estimate of drug-likeness (QED) is 0.741. The molecule has 0 bridgehead atoms. The minimum atomic E-state index is -0.166. The van der Waals surface area contributed by atoms with Crippen molar-refractivity contribution in [3.63, 3.8) is 0 Å². The fourth-order valence-corrected chi connectivity index (χ4v) is 3.39. The highest BCUT2D eigenvalue weighted by molar-refractivity contribution is 6.02. The normalized spacial score (nSPS) is 13.2. The Labute approximate surface area is 172 Å². The lowest BCUT2D eigenvalue weighted by Gasteiger charge is -2.21. The van der Waals surface area contributed by atoms with Crippen molar-refractivity contribution in [2.24, 2.45) is 5.10 Å². The monoisotopic (exact) mass is 392 g/mol. The van der Waals surface area contributed by atoms with Gasteiger partial charge in [0.25, 0.3) is 0 Å². The third-order valence-electron chi connectivity index (χ3n) is 5.04. The molecule has 0 saturated carbocycles. The Hall–Kier alpha value is -3.15. The average molecular weight is 393 g/mol. The van der Waals surface area contributed by atoms with Crippen molar-refractivity contribution in [1.29, 1.82) is 0 Å². The van der Waals surface area contributed by atoms with Gasteiger partial charge in [-0.05, 0) is 43.7 Å². The number of nitrogens with one attached hydrogen (secondary N) is 1. The number of hydrazone groups is 1. The first-order valence-corrected chi connectivity index (χ1v) is 10.2. The number of rotatable bonds is 8. The van der Waals surface area contributed by atoms with E-state index in [-0.39, 0.29) is 24.7 Å². The van der Waals surface area contributed by atoms with Crippen LogP contribution in [0.3, 0.4) is 0 Å². The lowest BCUT2D eigenvalue weighted by molar-refractivity contribution is -0.132. The SMILES string of the molecule is CCN(CC)c1ccc(NC(=O)CCC(=O)N2CCC(c3ccccc3)=N2)cc1. The second-order valence-corrected chi connectivity index (χ2v) is 6.95. The van der Waals surface area contributed by atoms with Gasteiger partial charge in [-0.25, -0.2) is 5.01 Å². The number of nitrogens with zero attached hydrogens (tertiary/aromatic N) is 3. The topological polar surface area (TPSA) is 65.0 Å². The lowest BCUT2D eigenvalue weighted by Crippen LogP contribution is -2.25. The molecule has 3 rings (SSSR count). The predicted octanol–water partition coefficient (Wildman–Crippen LogP) is 3.89. The van der Waals surface area contributed by atoms with Gasteiger partial charge in [-0.3, -0.25) is 9.59 Å². The van der Waals surface area contributed by atoms with Crippen LogP contribution in [0.5, 0.6) is 0 Å². The van der Waals surface area contributed by atoms with E-state index in [1.165, 1.54) is 5.01 Å². The van der Waals surface area contributed by atoms with Crippen LogP contribution in [0.1, 0.15) is 38.7 Å². The highest BCUT2D eigenvalue weighted by atomic mass is 16.2. The van der Waals surface area contributed by atoms with Crippen molar-refractivity contribution >= 4 is 28.9 Å².